The number of carbonyl (C=O) groups excluding carboxylic acids is 1. The van der Waals surface area contributed by atoms with Gasteiger partial charge in [-0.3, -0.25) is 4.79 Å². The van der Waals surface area contributed by atoms with Crippen LogP contribution in [0.25, 0.3) is 0 Å². The maximum Gasteiger partial charge on any atom is 0.303 e. The summed E-state index contributed by atoms with van der Waals surface area (Å²) in [7, 11) is 0. The lowest BCUT2D eigenvalue weighted by Crippen LogP contribution is -2.34. The second kappa shape index (κ2) is 6.52. The van der Waals surface area contributed by atoms with E-state index in [9.17, 15) is 4.79 Å². The van der Waals surface area contributed by atoms with E-state index in [1.165, 1.54) is 12.5 Å². The molecule has 0 N–H and O–H groups in total. The molecule has 0 unspecified atom stereocenters. The van der Waals surface area contributed by atoms with Gasteiger partial charge in [0.15, 0.2) is 0 Å². The van der Waals surface area contributed by atoms with Gasteiger partial charge in [-0.05, 0) is 40.7 Å². The number of halogens is 1. The number of hydrogen-bond acceptors (Lipinski definition) is 3. The van der Waals surface area contributed by atoms with E-state index < -0.39 is 0 Å². The Morgan fingerprint density at radius 2 is 2.11 bits per heavy atom. The van der Waals surface area contributed by atoms with E-state index >= 15 is 0 Å². The van der Waals surface area contributed by atoms with Gasteiger partial charge in [-0.15, -0.1) is 0 Å². The Bertz CT molecular complexity index is 481. The molecule has 0 saturated carbocycles. The zero-order chi connectivity index (χ0) is 13.8. The van der Waals surface area contributed by atoms with Crippen LogP contribution in [-0.4, -0.2) is 24.8 Å². The van der Waals surface area contributed by atoms with E-state index in [0.29, 0.717) is 6.61 Å². The number of hydrogen-bond donors (Lipinski definition) is 0. The van der Waals surface area contributed by atoms with Gasteiger partial charge in [-0.25, -0.2) is 0 Å². The fourth-order valence-corrected chi connectivity index (χ4v) is 2.86. The van der Waals surface area contributed by atoms with Crippen molar-refractivity contribution in [3.63, 3.8) is 0 Å². The molecule has 2 atom stereocenters. The first-order chi connectivity index (χ1) is 9.08. The molecule has 1 aromatic carbocycles. The molecule has 4 heteroatoms. The Morgan fingerprint density at radius 3 is 2.74 bits per heavy atom. The number of benzene rings is 1. The predicted octanol–water partition coefficient (Wildman–Crippen LogP) is 3.27. The van der Waals surface area contributed by atoms with Gasteiger partial charge in [0.25, 0.3) is 0 Å². The Hall–Kier alpha value is -0.880. The van der Waals surface area contributed by atoms with Crippen molar-refractivity contribution in [2.45, 2.75) is 32.5 Å². The maximum atomic E-state index is 11.0. The Morgan fingerprint density at radius 1 is 1.42 bits per heavy atom. The van der Waals surface area contributed by atoms with E-state index in [1.54, 1.807) is 0 Å². The molecule has 102 valence electrons. The monoisotopic (exact) mass is 372 g/mol. The van der Waals surface area contributed by atoms with Crippen molar-refractivity contribution < 1.29 is 14.3 Å². The summed E-state index contributed by atoms with van der Waals surface area (Å²) in [5.74, 6) is -0.265. The summed E-state index contributed by atoms with van der Waals surface area (Å²) in [6.45, 7) is 3.88. The molecule has 0 radical (unpaired) electrons. The summed E-state index contributed by atoms with van der Waals surface area (Å²) in [6, 6.07) is 10.3. The second-order valence-corrected chi connectivity index (χ2v) is 5.80. The van der Waals surface area contributed by atoms with E-state index in [4.69, 9.17) is 9.47 Å². The van der Waals surface area contributed by atoms with Gasteiger partial charge in [0, 0.05) is 16.9 Å². The van der Waals surface area contributed by atoms with Crippen molar-refractivity contribution in [2.75, 3.05) is 6.61 Å². The predicted molar refractivity (Wildman–Crippen MR) is 82.2 cm³/mol. The summed E-state index contributed by atoms with van der Waals surface area (Å²) in [5.41, 5.74) is 2.35. The molecule has 19 heavy (non-hydrogen) atoms. The topological polar surface area (TPSA) is 35.5 Å². The molecule has 2 rings (SSSR count). The van der Waals surface area contributed by atoms with Crippen molar-refractivity contribution in [3.05, 3.63) is 45.0 Å². The highest BCUT2D eigenvalue weighted by Crippen LogP contribution is 2.30. The number of carbonyl (C=O) groups is 1. The first-order valence-electron chi connectivity index (χ1n) is 6.27. The maximum absolute atomic E-state index is 11.0. The Balaban J connectivity index is 2.09. The van der Waals surface area contributed by atoms with Gasteiger partial charge in [0.1, 0.15) is 6.10 Å². The van der Waals surface area contributed by atoms with Crippen molar-refractivity contribution in [1.82, 2.24) is 0 Å². The molecule has 1 aliphatic rings. The average Bonchev–Trinajstić information content (AvgIpc) is 2.39. The van der Waals surface area contributed by atoms with Gasteiger partial charge in [-0.2, -0.15) is 0 Å². The van der Waals surface area contributed by atoms with E-state index in [2.05, 4.69) is 34.7 Å². The smallest absolute Gasteiger partial charge is 0.303 e. The van der Waals surface area contributed by atoms with Crippen LogP contribution in [0.2, 0.25) is 0 Å². The standard InChI is InChI=1S/C15H17IO3/c1-10-14(19-11(2)17)9-18-13(15(10)16)8-12-6-4-3-5-7-12/h3-7,13-14H,8-9H2,1-2H3/t13-,14+/m1/s1. The van der Waals surface area contributed by atoms with Crippen LogP contribution in [0, 0.1) is 0 Å². The van der Waals surface area contributed by atoms with Gasteiger partial charge in [0.2, 0.25) is 0 Å². The van der Waals surface area contributed by atoms with Gasteiger partial charge < -0.3 is 9.47 Å². The van der Waals surface area contributed by atoms with Crippen molar-refractivity contribution >= 4 is 28.6 Å². The van der Waals surface area contributed by atoms with Crippen LogP contribution in [0.5, 0.6) is 0 Å². The average molecular weight is 372 g/mol. The number of esters is 1. The Labute approximate surface area is 127 Å². The van der Waals surface area contributed by atoms with Crippen LogP contribution < -0.4 is 0 Å². The van der Waals surface area contributed by atoms with Crippen molar-refractivity contribution in [1.29, 1.82) is 0 Å². The summed E-state index contributed by atoms with van der Waals surface area (Å²) in [6.07, 6.45) is 0.676. The van der Waals surface area contributed by atoms with E-state index in [0.717, 1.165) is 15.6 Å². The van der Waals surface area contributed by atoms with Gasteiger partial charge >= 0.3 is 5.97 Å². The van der Waals surface area contributed by atoms with Crippen molar-refractivity contribution in [3.8, 4) is 0 Å². The quantitative estimate of drug-likeness (QED) is 0.604. The molecule has 1 aliphatic heterocycles. The third kappa shape index (κ3) is 3.79. The molecule has 1 aromatic rings. The fourth-order valence-electron chi connectivity index (χ4n) is 2.11. The zero-order valence-electron chi connectivity index (χ0n) is 11.1. The van der Waals surface area contributed by atoms with Crippen LogP contribution in [0.1, 0.15) is 19.4 Å². The normalized spacial score (nSPS) is 23.3. The van der Waals surface area contributed by atoms with Gasteiger partial charge in [0.05, 0.1) is 12.7 Å². The lowest BCUT2D eigenvalue weighted by atomic mass is 10.0. The summed E-state index contributed by atoms with van der Waals surface area (Å²) >= 11 is 2.30. The molecule has 1 heterocycles. The molecule has 0 fully saturated rings. The van der Waals surface area contributed by atoms with E-state index in [-0.39, 0.29) is 18.2 Å². The third-order valence-electron chi connectivity index (χ3n) is 3.16. The van der Waals surface area contributed by atoms with Gasteiger partial charge in [-0.1, -0.05) is 30.3 Å². The molecule has 0 bridgehead atoms. The minimum absolute atomic E-state index is 0.0646. The highest BCUT2D eigenvalue weighted by atomic mass is 127. The molecule has 0 spiro atoms. The first kappa shape index (κ1) is 14.5. The highest BCUT2D eigenvalue weighted by Gasteiger charge is 2.28. The fraction of sp³-hybridized carbons (Fsp3) is 0.400. The highest BCUT2D eigenvalue weighted by molar-refractivity contribution is 14.1. The second-order valence-electron chi connectivity index (χ2n) is 4.64. The largest absolute Gasteiger partial charge is 0.456 e. The number of rotatable bonds is 3. The molecule has 0 aromatic heterocycles. The lowest BCUT2D eigenvalue weighted by molar-refractivity contribution is -0.148. The van der Waals surface area contributed by atoms with Crippen LogP contribution in [0.15, 0.2) is 39.5 Å². The first-order valence-corrected chi connectivity index (χ1v) is 7.34. The molecule has 0 aliphatic carbocycles. The van der Waals surface area contributed by atoms with Crippen molar-refractivity contribution in [2.24, 2.45) is 0 Å². The van der Waals surface area contributed by atoms with E-state index in [1.807, 2.05) is 25.1 Å². The molecular formula is C15H17IO3. The zero-order valence-corrected chi connectivity index (χ0v) is 13.2. The van der Waals surface area contributed by atoms with Crippen LogP contribution in [0.3, 0.4) is 0 Å². The summed E-state index contributed by atoms with van der Waals surface area (Å²) in [5, 5.41) is 0. The molecule has 0 saturated heterocycles. The Kier molecular flexibility index (Phi) is 4.99. The SMILES string of the molecule is CC(=O)O[C@H]1CO[C@H](Cc2ccccc2)C(I)=C1C. The van der Waals surface area contributed by atoms with Crippen LogP contribution >= 0.6 is 22.6 Å². The minimum atomic E-state index is -0.265. The summed E-state index contributed by atoms with van der Waals surface area (Å²) in [4.78, 5) is 11.0. The molecule has 0 amide bonds. The van der Waals surface area contributed by atoms with Crippen LogP contribution in [0.4, 0.5) is 0 Å². The lowest BCUT2D eigenvalue weighted by Gasteiger charge is -2.30. The number of ether oxygens (including phenoxy) is 2. The van der Waals surface area contributed by atoms with Crippen LogP contribution in [-0.2, 0) is 20.7 Å². The minimum Gasteiger partial charge on any atom is -0.456 e. The molecular weight excluding hydrogens is 355 g/mol. The third-order valence-corrected chi connectivity index (χ3v) is 4.71. The summed E-state index contributed by atoms with van der Waals surface area (Å²) < 4.78 is 12.2. The molecule has 3 nitrogen and oxygen atoms in total.